The molecule has 0 aliphatic rings. The largest absolute Gasteiger partial charge is 0.388 e. The Morgan fingerprint density at radius 1 is 1.17 bits per heavy atom. The summed E-state index contributed by atoms with van der Waals surface area (Å²) in [4.78, 5) is 9.87. The normalized spacial score (nSPS) is 21.1. The highest BCUT2D eigenvalue weighted by molar-refractivity contribution is 5.56. The molecule has 0 saturated heterocycles. The molecule has 0 aromatic carbocycles. The fourth-order valence-corrected chi connectivity index (χ4v) is 0.601. The Kier molecular flexibility index (Phi) is 4.91. The number of rotatable bonds is 5. The highest BCUT2D eigenvalue weighted by Gasteiger charge is 2.29. The Morgan fingerprint density at radius 2 is 1.67 bits per heavy atom. The van der Waals surface area contributed by atoms with Crippen LogP contribution in [0.4, 0.5) is 4.39 Å². The molecule has 0 unspecified atom stereocenters. The van der Waals surface area contributed by atoms with Crippen LogP contribution in [0.1, 0.15) is 0 Å². The SMILES string of the molecule is O=C[C@@H](O)[C@H](O)[C@H](O)[C@H](O)CF. The van der Waals surface area contributed by atoms with Crippen LogP contribution < -0.4 is 0 Å². The smallest absolute Gasteiger partial charge is 0.151 e. The van der Waals surface area contributed by atoms with E-state index in [1.54, 1.807) is 0 Å². The lowest BCUT2D eigenvalue weighted by Crippen LogP contribution is -2.45. The third-order valence-electron chi connectivity index (χ3n) is 1.39. The van der Waals surface area contributed by atoms with Crippen LogP contribution in [0.25, 0.3) is 0 Å². The summed E-state index contributed by atoms with van der Waals surface area (Å²) in [6, 6.07) is 0. The van der Waals surface area contributed by atoms with Crippen LogP contribution in [0.2, 0.25) is 0 Å². The van der Waals surface area contributed by atoms with E-state index >= 15 is 0 Å². The number of aliphatic hydroxyl groups is 4. The number of alkyl halides is 1. The van der Waals surface area contributed by atoms with Gasteiger partial charge in [0, 0.05) is 0 Å². The third-order valence-corrected chi connectivity index (χ3v) is 1.39. The highest BCUT2D eigenvalue weighted by Crippen LogP contribution is 2.04. The van der Waals surface area contributed by atoms with E-state index in [9.17, 15) is 9.18 Å². The zero-order chi connectivity index (χ0) is 9.72. The van der Waals surface area contributed by atoms with Gasteiger partial charge in [-0.2, -0.15) is 0 Å². The van der Waals surface area contributed by atoms with Crippen LogP contribution >= 0.6 is 0 Å². The molecule has 0 heterocycles. The number of hydrogen-bond acceptors (Lipinski definition) is 5. The van der Waals surface area contributed by atoms with Gasteiger partial charge in [0.1, 0.15) is 31.1 Å². The van der Waals surface area contributed by atoms with Crippen molar-refractivity contribution in [2.75, 3.05) is 6.67 Å². The molecule has 0 radical (unpaired) electrons. The van der Waals surface area contributed by atoms with Crippen molar-refractivity contribution < 1.29 is 29.6 Å². The van der Waals surface area contributed by atoms with E-state index in [4.69, 9.17) is 20.4 Å². The van der Waals surface area contributed by atoms with Crippen LogP contribution in [0.3, 0.4) is 0 Å². The first-order chi connectivity index (χ1) is 5.54. The second-order valence-electron chi connectivity index (χ2n) is 2.33. The van der Waals surface area contributed by atoms with Crippen LogP contribution in [0, 0.1) is 0 Å². The van der Waals surface area contributed by atoms with Crippen LogP contribution in [0.15, 0.2) is 0 Å². The molecule has 0 rings (SSSR count). The molecule has 0 saturated carbocycles. The van der Waals surface area contributed by atoms with Gasteiger partial charge in [0.25, 0.3) is 0 Å². The lowest BCUT2D eigenvalue weighted by molar-refractivity contribution is -0.134. The predicted octanol–water partition coefficient (Wildman–Crippen LogP) is -2.40. The Bertz CT molecular complexity index is 142. The first-order valence-corrected chi connectivity index (χ1v) is 3.28. The molecule has 0 amide bonds. The summed E-state index contributed by atoms with van der Waals surface area (Å²) in [6.07, 6.45) is -7.36. The van der Waals surface area contributed by atoms with Gasteiger partial charge in [0.2, 0.25) is 0 Å². The topological polar surface area (TPSA) is 98.0 Å². The number of halogens is 1. The maximum atomic E-state index is 11.7. The van der Waals surface area contributed by atoms with Crippen molar-refractivity contribution in [3.05, 3.63) is 0 Å². The zero-order valence-electron chi connectivity index (χ0n) is 6.17. The number of carbonyl (C=O) groups excluding carboxylic acids is 1. The summed E-state index contributed by atoms with van der Waals surface area (Å²) in [6.45, 7) is -1.26. The van der Waals surface area contributed by atoms with E-state index in [1.165, 1.54) is 0 Å². The van der Waals surface area contributed by atoms with Crippen molar-refractivity contribution in [1.82, 2.24) is 0 Å². The summed E-state index contributed by atoms with van der Waals surface area (Å²) in [5, 5.41) is 34.9. The minimum absolute atomic E-state index is 0.0150. The molecular weight excluding hydrogens is 171 g/mol. The molecule has 5 nitrogen and oxygen atoms in total. The van der Waals surface area contributed by atoms with Crippen molar-refractivity contribution in [3.63, 3.8) is 0 Å². The van der Waals surface area contributed by atoms with Crippen LogP contribution in [0.5, 0.6) is 0 Å². The predicted molar refractivity (Wildman–Crippen MR) is 36.1 cm³/mol. The molecule has 72 valence electrons. The van der Waals surface area contributed by atoms with Crippen molar-refractivity contribution in [1.29, 1.82) is 0 Å². The molecular formula is C6H11FO5. The van der Waals surface area contributed by atoms with Gasteiger partial charge in [0.05, 0.1) is 0 Å². The first-order valence-electron chi connectivity index (χ1n) is 3.28. The van der Waals surface area contributed by atoms with E-state index in [-0.39, 0.29) is 6.29 Å². The fraction of sp³-hybridized carbons (Fsp3) is 0.833. The standard InChI is InChI=1S/C6H11FO5/c7-1-3(9)5(11)6(12)4(10)2-8/h2-6,9-12H,1H2/t3-,4-,5-,6+/m1/s1. The van der Waals surface area contributed by atoms with Gasteiger partial charge >= 0.3 is 0 Å². The molecule has 0 aromatic rings. The quantitative estimate of drug-likeness (QED) is 0.355. The number of hydrogen-bond donors (Lipinski definition) is 4. The van der Waals surface area contributed by atoms with Gasteiger partial charge in [-0.25, -0.2) is 4.39 Å². The Morgan fingerprint density at radius 3 is 2.00 bits per heavy atom. The van der Waals surface area contributed by atoms with Gasteiger partial charge < -0.3 is 25.2 Å². The zero-order valence-corrected chi connectivity index (χ0v) is 6.17. The molecule has 12 heavy (non-hydrogen) atoms. The molecule has 0 spiro atoms. The second kappa shape index (κ2) is 5.15. The van der Waals surface area contributed by atoms with E-state index in [0.29, 0.717) is 0 Å². The number of aldehydes is 1. The van der Waals surface area contributed by atoms with Gasteiger partial charge in [-0.05, 0) is 0 Å². The second-order valence-corrected chi connectivity index (χ2v) is 2.33. The number of carbonyl (C=O) groups is 1. The molecule has 0 aliphatic heterocycles. The minimum atomic E-state index is -1.87. The maximum absolute atomic E-state index is 11.7. The Labute approximate surface area is 68.1 Å². The molecule has 4 atom stereocenters. The molecule has 0 aliphatic carbocycles. The van der Waals surface area contributed by atoms with Crippen LogP contribution in [-0.4, -0.2) is 57.8 Å². The Hall–Kier alpha value is -0.560. The van der Waals surface area contributed by atoms with E-state index in [0.717, 1.165) is 0 Å². The van der Waals surface area contributed by atoms with Crippen molar-refractivity contribution in [2.24, 2.45) is 0 Å². The van der Waals surface area contributed by atoms with Crippen LogP contribution in [-0.2, 0) is 4.79 Å². The molecule has 4 N–H and O–H groups in total. The molecule has 0 aromatic heterocycles. The average molecular weight is 182 g/mol. The van der Waals surface area contributed by atoms with Gasteiger partial charge in [0.15, 0.2) is 6.29 Å². The molecule has 0 bridgehead atoms. The summed E-state index contributed by atoms with van der Waals surface area (Å²) in [7, 11) is 0. The summed E-state index contributed by atoms with van der Waals surface area (Å²) in [5.74, 6) is 0. The van der Waals surface area contributed by atoms with Crippen molar-refractivity contribution in [2.45, 2.75) is 24.4 Å². The van der Waals surface area contributed by atoms with Crippen molar-refractivity contribution in [3.8, 4) is 0 Å². The van der Waals surface area contributed by atoms with E-state index in [2.05, 4.69) is 0 Å². The van der Waals surface area contributed by atoms with Gasteiger partial charge in [-0.1, -0.05) is 0 Å². The van der Waals surface area contributed by atoms with E-state index < -0.39 is 31.1 Å². The van der Waals surface area contributed by atoms with Gasteiger partial charge in [-0.3, -0.25) is 0 Å². The average Bonchev–Trinajstić information content (AvgIpc) is 2.12. The lowest BCUT2D eigenvalue weighted by Gasteiger charge is -2.21. The maximum Gasteiger partial charge on any atom is 0.151 e. The molecule has 6 heteroatoms. The summed E-state index contributed by atoms with van der Waals surface area (Å²) < 4.78 is 11.7. The summed E-state index contributed by atoms with van der Waals surface area (Å²) >= 11 is 0. The number of aliphatic hydroxyl groups excluding tert-OH is 4. The van der Waals surface area contributed by atoms with Gasteiger partial charge in [-0.15, -0.1) is 0 Å². The fourth-order valence-electron chi connectivity index (χ4n) is 0.601. The third kappa shape index (κ3) is 2.82. The monoisotopic (exact) mass is 182 g/mol. The highest BCUT2D eigenvalue weighted by atomic mass is 19.1. The minimum Gasteiger partial charge on any atom is -0.388 e. The first kappa shape index (κ1) is 11.4. The van der Waals surface area contributed by atoms with Crippen molar-refractivity contribution >= 4 is 6.29 Å². The molecule has 0 fully saturated rings. The summed E-state index contributed by atoms with van der Waals surface area (Å²) in [5.41, 5.74) is 0. The lowest BCUT2D eigenvalue weighted by atomic mass is 10.0. The van der Waals surface area contributed by atoms with E-state index in [1.807, 2.05) is 0 Å². The Balaban J connectivity index is 4.07.